The summed E-state index contributed by atoms with van der Waals surface area (Å²) >= 11 is 5.13. The number of ether oxygens (including phenoxy) is 2. The molecule has 0 aliphatic carbocycles. The van der Waals surface area contributed by atoms with Gasteiger partial charge in [0.25, 0.3) is 0 Å². The second-order valence-electron chi connectivity index (χ2n) is 5.24. The van der Waals surface area contributed by atoms with E-state index in [0.29, 0.717) is 39.0 Å². The highest BCUT2D eigenvalue weighted by Crippen LogP contribution is 2.35. The van der Waals surface area contributed by atoms with Crippen LogP contribution in [0.3, 0.4) is 0 Å². The average molecular weight is 300 g/mol. The molecule has 0 aromatic rings. The summed E-state index contributed by atoms with van der Waals surface area (Å²) in [6.45, 7) is 1.46. The number of hydrogen-bond acceptors (Lipinski definition) is 5. The predicted molar refractivity (Wildman–Crippen MR) is 76.0 cm³/mol. The Morgan fingerprint density at radius 2 is 2.05 bits per heavy atom. The van der Waals surface area contributed by atoms with Crippen molar-refractivity contribution in [3.05, 3.63) is 0 Å². The highest BCUT2D eigenvalue weighted by Gasteiger charge is 2.48. The highest BCUT2D eigenvalue weighted by molar-refractivity contribution is 7.80. The fourth-order valence-electron chi connectivity index (χ4n) is 2.95. The van der Waals surface area contributed by atoms with Crippen molar-refractivity contribution in [2.45, 2.75) is 31.7 Å². The fourth-order valence-corrected chi connectivity index (χ4v) is 3.24. The number of carbonyl (C=O) groups excluding carboxylic acids is 2. The van der Waals surface area contributed by atoms with Gasteiger partial charge in [0, 0.05) is 19.8 Å². The molecule has 0 radical (unpaired) electrons. The van der Waals surface area contributed by atoms with Crippen molar-refractivity contribution in [1.29, 1.82) is 0 Å². The summed E-state index contributed by atoms with van der Waals surface area (Å²) < 4.78 is 10.1. The van der Waals surface area contributed by atoms with E-state index in [-0.39, 0.29) is 16.9 Å². The minimum absolute atomic E-state index is 0.152. The molecule has 2 heterocycles. The molecular formula is C13H20N2O4S. The van der Waals surface area contributed by atoms with Crippen molar-refractivity contribution >= 4 is 29.1 Å². The quantitative estimate of drug-likeness (QED) is 0.594. The zero-order chi connectivity index (χ0) is 14.8. The lowest BCUT2D eigenvalue weighted by atomic mass is 9.78. The zero-order valence-corrected chi connectivity index (χ0v) is 12.4. The Hall–Kier alpha value is -1.21. The van der Waals surface area contributed by atoms with Crippen molar-refractivity contribution in [3.63, 3.8) is 0 Å². The Labute approximate surface area is 123 Å². The molecule has 2 aliphatic heterocycles. The van der Waals surface area contributed by atoms with E-state index < -0.39 is 11.5 Å². The molecule has 6 nitrogen and oxygen atoms in total. The minimum Gasteiger partial charge on any atom is -0.467 e. The monoisotopic (exact) mass is 300 g/mol. The lowest BCUT2D eigenvalue weighted by molar-refractivity contribution is -0.155. The third-order valence-electron chi connectivity index (χ3n) is 4.21. The largest absolute Gasteiger partial charge is 0.467 e. The van der Waals surface area contributed by atoms with E-state index in [2.05, 4.69) is 0 Å². The lowest BCUT2D eigenvalue weighted by Crippen LogP contribution is -2.55. The van der Waals surface area contributed by atoms with Crippen molar-refractivity contribution in [1.82, 2.24) is 4.90 Å². The number of nitrogens with two attached hydrogens (primary N) is 1. The first kappa shape index (κ1) is 15.2. The maximum atomic E-state index is 12.9. The summed E-state index contributed by atoms with van der Waals surface area (Å²) in [5, 5.41) is 0. The number of carbonyl (C=O) groups is 2. The predicted octanol–water partition coefficient (Wildman–Crippen LogP) is 0.233. The molecule has 1 atom stereocenters. The third-order valence-corrected chi connectivity index (χ3v) is 4.61. The number of rotatable bonds is 3. The number of esters is 1. The van der Waals surface area contributed by atoms with Crippen LogP contribution in [0.4, 0.5) is 0 Å². The van der Waals surface area contributed by atoms with Crippen molar-refractivity contribution in [3.8, 4) is 0 Å². The van der Waals surface area contributed by atoms with Crippen LogP contribution in [-0.2, 0) is 19.1 Å². The van der Waals surface area contributed by atoms with Gasteiger partial charge in [-0.3, -0.25) is 4.79 Å². The first-order valence-corrected chi connectivity index (χ1v) is 7.20. The number of amides is 1. The van der Waals surface area contributed by atoms with Crippen LogP contribution in [0.1, 0.15) is 25.7 Å². The number of thiocarbonyl (C=S) groups is 1. The molecule has 0 spiro atoms. The summed E-state index contributed by atoms with van der Waals surface area (Å²) in [6.07, 6.45) is 2.37. The molecule has 0 aromatic carbocycles. The van der Waals surface area contributed by atoms with Crippen LogP contribution in [0.5, 0.6) is 0 Å². The Kier molecular flexibility index (Phi) is 4.59. The van der Waals surface area contributed by atoms with E-state index in [1.165, 1.54) is 7.11 Å². The highest BCUT2D eigenvalue weighted by atomic mass is 32.1. The Balaban J connectivity index is 2.23. The first-order valence-electron chi connectivity index (χ1n) is 6.79. The summed E-state index contributed by atoms with van der Waals surface area (Å²) in [4.78, 5) is 26.4. The summed E-state index contributed by atoms with van der Waals surface area (Å²) in [5.74, 6) is -0.526. The van der Waals surface area contributed by atoms with Gasteiger partial charge < -0.3 is 20.1 Å². The molecule has 1 unspecified atom stereocenters. The van der Waals surface area contributed by atoms with Gasteiger partial charge in [-0.2, -0.15) is 0 Å². The number of nitrogens with zero attached hydrogens (tertiary/aromatic N) is 1. The topological polar surface area (TPSA) is 81.9 Å². The van der Waals surface area contributed by atoms with Gasteiger partial charge in [0.2, 0.25) is 5.91 Å². The van der Waals surface area contributed by atoms with E-state index in [4.69, 9.17) is 27.4 Å². The Morgan fingerprint density at radius 1 is 1.40 bits per heavy atom. The van der Waals surface area contributed by atoms with E-state index in [9.17, 15) is 9.59 Å². The normalized spacial score (nSPS) is 25.2. The lowest BCUT2D eigenvalue weighted by Gasteiger charge is -2.38. The van der Waals surface area contributed by atoms with Crippen LogP contribution in [0.15, 0.2) is 0 Å². The maximum Gasteiger partial charge on any atom is 0.328 e. The molecule has 2 aliphatic rings. The van der Waals surface area contributed by atoms with E-state index >= 15 is 0 Å². The Bertz CT molecular complexity index is 421. The molecule has 1 amide bonds. The molecule has 2 rings (SSSR count). The molecule has 20 heavy (non-hydrogen) atoms. The maximum absolute atomic E-state index is 12.9. The van der Waals surface area contributed by atoms with Gasteiger partial charge in [0.15, 0.2) is 0 Å². The first-order chi connectivity index (χ1) is 9.53. The second kappa shape index (κ2) is 6.05. The van der Waals surface area contributed by atoms with Gasteiger partial charge in [0.05, 0.1) is 12.1 Å². The van der Waals surface area contributed by atoms with Crippen LogP contribution in [0, 0.1) is 5.41 Å². The van der Waals surface area contributed by atoms with Crippen molar-refractivity contribution < 1.29 is 19.1 Å². The van der Waals surface area contributed by atoms with Crippen LogP contribution in [0.2, 0.25) is 0 Å². The number of methoxy groups -OCH3 is 1. The minimum atomic E-state index is -0.871. The van der Waals surface area contributed by atoms with Gasteiger partial charge in [0.1, 0.15) is 11.5 Å². The van der Waals surface area contributed by atoms with Gasteiger partial charge in [-0.25, -0.2) is 4.79 Å². The van der Waals surface area contributed by atoms with Gasteiger partial charge in [-0.15, -0.1) is 0 Å². The third kappa shape index (κ3) is 2.52. The number of hydrogen-bond donors (Lipinski definition) is 1. The van der Waals surface area contributed by atoms with E-state index in [1.54, 1.807) is 4.90 Å². The molecule has 112 valence electrons. The number of likely N-dealkylation sites (tertiary alicyclic amines) is 1. The van der Waals surface area contributed by atoms with E-state index in [0.717, 1.165) is 6.42 Å². The molecule has 2 N–H and O–H groups in total. The summed E-state index contributed by atoms with van der Waals surface area (Å²) in [5.41, 5.74) is 4.97. The molecule has 7 heteroatoms. The van der Waals surface area contributed by atoms with Gasteiger partial charge >= 0.3 is 5.97 Å². The standard InChI is InChI=1S/C13H20N2O4S/c1-18-10(16)9-3-2-6-15(9)12(17)13(11(14)20)4-7-19-8-5-13/h9H,2-8H2,1H3,(H2,14,20). The molecule has 0 bridgehead atoms. The average Bonchev–Trinajstić information content (AvgIpc) is 2.95. The molecule has 0 aromatic heterocycles. The SMILES string of the molecule is COC(=O)C1CCCN1C(=O)C1(C(N)=S)CCOCC1. The summed E-state index contributed by atoms with van der Waals surface area (Å²) in [6, 6.07) is -0.512. The molecule has 2 saturated heterocycles. The van der Waals surface area contributed by atoms with Crippen molar-refractivity contribution in [2.75, 3.05) is 26.9 Å². The molecular weight excluding hydrogens is 280 g/mol. The van der Waals surface area contributed by atoms with Crippen LogP contribution in [0.25, 0.3) is 0 Å². The van der Waals surface area contributed by atoms with Crippen LogP contribution >= 0.6 is 12.2 Å². The second-order valence-corrected chi connectivity index (χ2v) is 5.68. The fraction of sp³-hybridized carbons (Fsp3) is 0.769. The Morgan fingerprint density at radius 3 is 2.60 bits per heavy atom. The van der Waals surface area contributed by atoms with Crippen molar-refractivity contribution in [2.24, 2.45) is 11.1 Å². The van der Waals surface area contributed by atoms with Crippen LogP contribution < -0.4 is 5.73 Å². The zero-order valence-electron chi connectivity index (χ0n) is 11.6. The van der Waals surface area contributed by atoms with Gasteiger partial charge in [-0.1, -0.05) is 12.2 Å². The summed E-state index contributed by atoms with van der Waals surface area (Å²) in [7, 11) is 1.33. The molecule has 2 fully saturated rings. The van der Waals surface area contributed by atoms with Gasteiger partial charge in [-0.05, 0) is 25.7 Å². The molecule has 0 saturated carbocycles. The smallest absolute Gasteiger partial charge is 0.328 e. The van der Waals surface area contributed by atoms with E-state index in [1.807, 2.05) is 0 Å². The van der Waals surface area contributed by atoms with Crippen LogP contribution in [-0.4, -0.2) is 54.7 Å².